The van der Waals surface area contributed by atoms with Gasteiger partial charge in [0, 0.05) is 0 Å². The zero-order valence-corrected chi connectivity index (χ0v) is 11.9. The second kappa shape index (κ2) is 7.76. The van der Waals surface area contributed by atoms with Gasteiger partial charge in [0.15, 0.2) is 0 Å². The van der Waals surface area contributed by atoms with E-state index in [1.54, 1.807) is 0 Å². The van der Waals surface area contributed by atoms with Gasteiger partial charge in [0.05, 0.1) is 17.6 Å². The highest BCUT2D eigenvalue weighted by Gasteiger charge is 2.19. The molecule has 1 aliphatic rings. The lowest BCUT2D eigenvalue weighted by Crippen LogP contribution is -2.29. The van der Waals surface area contributed by atoms with Crippen LogP contribution in [0.25, 0.3) is 0 Å². The van der Waals surface area contributed by atoms with Crippen LogP contribution < -0.4 is 5.32 Å². The number of nitrogens with one attached hydrogen (secondary N) is 1. The Morgan fingerprint density at radius 1 is 1.33 bits per heavy atom. The summed E-state index contributed by atoms with van der Waals surface area (Å²) in [7, 11) is 0. The fourth-order valence-electron chi connectivity index (χ4n) is 2.63. The maximum atomic E-state index is 9.58. The monoisotopic (exact) mass is 252 g/mol. The van der Waals surface area contributed by atoms with Crippen molar-refractivity contribution in [3.8, 4) is 6.07 Å². The molecule has 0 heterocycles. The molecule has 2 unspecified atom stereocenters. The van der Waals surface area contributed by atoms with Crippen molar-refractivity contribution in [1.82, 2.24) is 5.32 Å². The standard InChI is InChI=1S/C15H28N2O/c1-15(2,12-16)8-3-4-9-17-11-13-6-5-7-14(18)10-13/h13-14,17-18H,3-11H2,1-2H3. The van der Waals surface area contributed by atoms with Crippen LogP contribution in [0.2, 0.25) is 0 Å². The minimum Gasteiger partial charge on any atom is -0.393 e. The van der Waals surface area contributed by atoms with Crippen LogP contribution in [0.15, 0.2) is 0 Å². The second-order valence-electron chi connectivity index (χ2n) is 6.34. The van der Waals surface area contributed by atoms with Gasteiger partial charge in [-0.1, -0.05) is 12.8 Å². The molecule has 0 amide bonds. The predicted octanol–water partition coefficient (Wildman–Crippen LogP) is 2.85. The number of aliphatic hydroxyl groups excluding tert-OH is 1. The number of hydrogen-bond acceptors (Lipinski definition) is 3. The lowest BCUT2D eigenvalue weighted by Gasteiger charge is -2.26. The van der Waals surface area contributed by atoms with E-state index in [0.29, 0.717) is 5.92 Å². The molecule has 3 nitrogen and oxygen atoms in total. The molecule has 2 atom stereocenters. The molecule has 0 aromatic heterocycles. The van der Waals surface area contributed by atoms with E-state index in [1.165, 1.54) is 12.8 Å². The molecule has 3 heteroatoms. The summed E-state index contributed by atoms with van der Waals surface area (Å²) in [4.78, 5) is 0. The Morgan fingerprint density at radius 3 is 2.78 bits per heavy atom. The van der Waals surface area contributed by atoms with Gasteiger partial charge in [-0.15, -0.1) is 0 Å². The molecule has 0 radical (unpaired) electrons. The third-order valence-corrected chi connectivity index (χ3v) is 3.90. The fourth-order valence-corrected chi connectivity index (χ4v) is 2.63. The summed E-state index contributed by atoms with van der Waals surface area (Å²) in [6, 6.07) is 2.34. The van der Waals surface area contributed by atoms with Crippen molar-refractivity contribution in [2.45, 2.75) is 64.9 Å². The third kappa shape index (κ3) is 6.37. The van der Waals surface area contributed by atoms with E-state index >= 15 is 0 Å². The Hall–Kier alpha value is -0.590. The number of unbranched alkanes of at least 4 members (excludes halogenated alkanes) is 1. The van der Waals surface area contributed by atoms with Gasteiger partial charge in [0.2, 0.25) is 0 Å². The van der Waals surface area contributed by atoms with Gasteiger partial charge >= 0.3 is 0 Å². The van der Waals surface area contributed by atoms with Gasteiger partial charge in [0.1, 0.15) is 0 Å². The SMILES string of the molecule is CC(C)(C#N)CCCCNCC1CCCC(O)C1. The third-order valence-electron chi connectivity index (χ3n) is 3.90. The number of hydrogen-bond donors (Lipinski definition) is 2. The van der Waals surface area contributed by atoms with E-state index in [2.05, 4.69) is 11.4 Å². The minimum absolute atomic E-state index is 0.0676. The van der Waals surface area contributed by atoms with Crippen LogP contribution in [0.1, 0.15) is 58.8 Å². The van der Waals surface area contributed by atoms with E-state index in [1.807, 2.05) is 13.8 Å². The Kier molecular flexibility index (Phi) is 6.67. The molecule has 1 fully saturated rings. The number of aliphatic hydroxyl groups is 1. The van der Waals surface area contributed by atoms with Crippen LogP contribution in [-0.4, -0.2) is 24.3 Å². The Bertz CT molecular complexity index is 270. The van der Waals surface area contributed by atoms with Crippen molar-refractivity contribution in [3.05, 3.63) is 0 Å². The van der Waals surface area contributed by atoms with E-state index in [9.17, 15) is 5.11 Å². The van der Waals surface area contributed by atoms with Crippen LogP contribution >= 0.6 is 0 Å². The highest BCUT2D eigenvalue weighted by Crippen LogP contribution is 2.23. The van der Waals surface area contributed by atoms with Crippen molar-refractivity contribution >= 4 is 0 Å². The van der Waals surface area contributed by atoms with E-state index in [-0.39, 0.29) is 11.5 Å². The first-order valence-electron chi connectivity index (χ1n) is 7.33. The molecule has 0 saturated heterocycles. The summed E-state index contributed by atoms with van der Waals surface area (Å²) in [5.74, 6) is 0.657. The van der Waals surface area contributed by atoms with Crippen LogP contribution in [0.4, 0.5) is 0 Å². The normalized spacial score (nSPS) is 24.8. The fraction of sp³-hybridized carbons (Fsp3) is 0.933. The van der Waals surface area contributed by atoms with Gasteiger partial charge in [0.25, 0.3) is 0 Å². The molecule has 2 N–H and O–H groups in total. The minimum atomic E-state index is -0.173. The average Bonchev–Trinajstić information content (AvgIpc) is 2.34. The lowest BCUT2D eigenvalue weighted by atomic mass is 9.87. The maximum absolute atomic E-state index is 9.58. The van der Waals surface area contributed by atoms with Gasteiger partial charge in [-0.3, -0.25) is 0 Å². The van der Waals surface area contributed by atoms with Crippen molar-refractivity contribution in [3.63, 3.8) is 0 Å². The first-order valence-corrected chi connectivity index (χ1v) is 7.33. The van der Waals surface area contributed by atoms with Crippen LogP contribution in [0, 0.1) is 22.7 Å². The van der Waals surface area contributed by atoms with Crippen LogP contribution in [-0.2, 0) is 0 Å². The Morgan fingerprint density at radius 2 is 2.11 bits per heavy atom. The average molecular weight is 252 g/mol. The Balaban J connectivity index is 1.97. The van der Waals surface area contributed by atoms with E-state index in [0.717, 1.165) is 45.2 Å². The summed E-state index contributed by atoms with van der Waals surface area (Å²) < 4.78 is 0. The number of rotatable bonds is 7. The number of nitriles is 1. The van der Waals surface area contributed by atoms with Gasteiger partial charge in [-0.05, 0) is 65.0 Å². The summed E-state index contributed by atoms with van der Waals surface area (Å²) >= 11 is 0. The van der Waals surface area contributed by atoms with E-state index < -0.39 is 0 Å². The topological polar surface area (TPSA) is 56.0 Å². The smallest absolute Gasteiger partial charge is 0.0683 e. The molecule has 1 saturated carbocycles. The van der Waals surface area contributed by atoms with E-state index in [4.69, 9.17) is 5.26 Å². The molecular formula is C15H28N2O. The molecule has 0 spiro atoms. The summed E-state index contributed by atoms with van der Waals surface area (Å²) in [5, 5.41) is 22.0. The molecular weight excluding hydrogens is 224 g/mol. The van der Waals surface area contributed by atoms with Gasteiger partial charge in [-0.2, -0.15) is 5.26 Å². The largest absolute Gasteiger partial charge is 0.393 e. The number of nitrogens with zero attached hydrogens (tertiary/aromatic N) is 1. The molecule has 1 rings (SSSR count). The molecule has 18 heavy (non-hydrogen) atoms. The highest BCUT2D eigenvalue weighted by molar-refractivity contribution is 4.91. The van der Waals surface area contributed by atoms with Crippen LogP contribution in [0.5, 0.6) is 0 Å². The van der Waals surface area contributed by atoms with Crippen molar-refractivity contribution in [2.75, 3.05) is 13.1 Å². The molecule has 0 aromatic rings. The summed E-state index contributed by atoms with van der Waals surface area (Å²) in [6.07, 6.45) is 7.54. The van der Waals surface area contributed by atoms with Crippen LogP contribution in [0.3, 0.4) is 0 Å². The Labute approximate surface area is 112 Å². The maximum Gasteiger partial charge on any atom is 0.0683 e. The van der Waals surface area contributed by atoms with Gasteiger partial charge < -0.3 is 10.4 Å². The van der Waals surface area contributed by atoms with Crippen molar-refractivity contribution in [1.29, 1.82) is 5.26 Å². The lowest BCUT2D eigenvalue weighted by molar-refractivity contribution is 0.101. The molecule has 104 valence electrons. The van der Waals surface area contributed by atoms with Gasteiger partial charge in [-0.25, -0.2) is 0 Å². The highest BCUT2D eigenvalue weighted by atomic mass is 16.3. The zero-order chi connectivity index (χ0) is 13.4. The summed E-state index contributed by atoms with van der Waals surface area (Å²) in [6.45, 7) is 6.08. The quantitative estimate of drug-likeness (QED) is 0.685. The second-order valence-corrected chi connectivity index (χ2v) is 6.34. The molecule has 0 aromatic carbocycles. The van der Waals surface area contributed by atoms with Crippen molar-refractivity contribution in [2.24, 2.45) is 11.3 Å². The first-order chi connectivity index (χ1) is 8.53. The first kappa shape index (κ1) is 15.5. The predicted molar refractivity (Wildman–Crippen MR) is 74.1 cm³/mol. The molecule has 0 bridgehead atoms. The molecule has 1 aliphatic carbocycles. The van der Waals surface area contributed by atoms with Crippen molar-refractivity contribution < 1.29 is 5.11 Å². The zero-order valence-electron chi connectivity index (χ0n) is 11.9. The summed E-state index contributed by atoms with van der Waals surface area (Å²) in [5.41, 5.74) is -0.173. The molecule has 0 aliphatic heterocycles.